The van der Waals surface area contributed by atoms with Gasteiger partial charge >= 0.3 is 6.09 Å². The number of nitrogens with zero attached hydrogens (tertiary/aromatic N) is 4. The molecule has 206 valence electrons. The van der Waals surface area contributed by atoms with E-state index in [4.69, 9.17) is 10.5 Å². The summed E-state index contributed by atoms with van der Waals surface area (Å²) in [6.45, 7) is 10.1. The van der Waals surface area contributed by atoms with Crippen molar-refractivity contribution in [1.29, 1.82) is 0 Å². The van der Waals surface area contributed by atoms with Gasteiger partial charge in [0.25, 0.3) is 5.92 Å². The lowest BCUT2D eigenvalue weighted by molar-refractivity contribution is -0.117. The molecule has 0 radical (unpaired) electrons. The van der Waals surface area contributed by atoms with Crippen LogP contribution in [-0.2, 0) is 15.5 Å². The number of carbonyl (C=O) groups is 2. The van der Waals surface area contributed by atoms with Crippen molar-refractivity contribution in [3.63, 3.8) is 0 Å². The maximum atomic E-state index is 14.8. The minimum Gasteiger partial charge on any atom is -0.444 e. The average Bonchev–Trinajstić information content (AvgIpc) is 3.10. The number of hydrogen-bond donors (Lipinski definition) is 2. The number of ether oxygens (including phenoxy) is 1. The maximum Gasteiger partial charge on any atom is 0.407 e. The second-order valence-electron chi connectivity index (χ2n) is 11.1. The summed E-state index contributed by atoms with van der Waals surface area (Å²) < 4.78 is 35.0. The number of carbonyl (C=O) groups excluding carboxylic acids is 2. The van der Waals surface area contributed by atoms with Gasteiger partial charge in [-0.15, -0.1) is 0 Å². The number of fused-ring (bicyclic) bond motifs is 1. The standard InChI is InChI=1S/C26H34F2N6O3S/c1-16(35)34-15-26(27,28)20-17(34)7-6-8-18(20)38-22-21(29)32-19(13-30-22)33-11-9-25(5,10-12-33)14-31-23(36)37-24(2,3)4/h6-8,13H,9-12,14-15H2,1-5H3,(H2,29,32)(H,31,36). The van der Waals surface area contributed by atoms with E-state index in [9.17, 15) is 18.4 Å². The molecule has 1 saturated heterocycles. The van der Waals surface area contributed by atoms with Crippen molar-refractivity contribution in [2.24, 2.45) is 5.41 Å². The number of nitrogen functional groups attached to an aromatic ring is 1. The van der Waals surface area contributed by atoms with Crippen molar-refractivity contribution in [2.45, 2.75) is 68.9 Å². The summed E-state index contributed by atoms with van der Waals surface area (Å²) in [5.74, 6) is -2.85. The van der Waals surface area contributed by atoms with Crippen molar-refractivity contribution in [1.82, 2.24) is 15.3 Å². The van der Waals surface area contributed by atoms with E-state index in [0.29, 0.717) is 30.5 Å². The molecular formula is C26H34F2N6O3S. The number of hydrogen-bond acceptors (Lipinski definition) is 8. The number of benzene rings is 1. The van der Waals surface area contributed by atoms with E-state index < -0.39 is 30.1 Å². The molecule has 2 aliphatic heterocycles. The molecule has 3 N–H and O–H groups in total. The minimum atomic E-state index is -3.18. The lowest BCUT2D eigenvalue weighted by Gasteiger charge is -2.40. The number of alkyl halides is 2. The number of aromatic nitrogens is 2. The van der Waals surface area contributed by atoms with Crippen LogP contribution < -0.4 is 20.9 Å². The van der Waals surface area contributed by atoms with Crippen LogP contribution in [0.15, 0.2) is 34.3 Å². The Morgan fingerprint density at radius 2 is 1.92 bits per heavy atom. The molecule has 2 aromatic rings. The fraction of sp³-hybridized carbons (Fsp3) is 0.538. The van der Waals surface area contributed by atoms with Crippen LogP contribution in [0.25, 0.3) is 0 Å². The van der Waals surface area contributed by atoms with Crippen LogP contribution in [0.1, 0.15) is 53.0 Å². The highest BCUT2D eigenvalue weighted by atomic mass is 32.2. The van der Waals surface area contributed by atoms with Gasteiger partial charge in [0.05, 0.1) is 24.0 Å². The molecule has 2 amide bonds. The number of alkyl carbamates (subject to hydrolysis) is 1. The molecule has 0 saturated carbocycles. The largest absolute Gasteiger partial charge is 0.444 e. The molecular weight excluding hydrogens is 514 g/mol. The molecule has 38 heavy (non-hydrogen) atoms. The van der Waals surface area contributed by atoms with Crippen molar-refractivity contribution >= 4 is 41.1 Å². The third kappa shape index (κ3) is 6.11. The fourth-order valence-corrected chi connectivity index (χ4v) is 5.58. The van der Waals surface area contributed by atoms with Gasteiger partial charge in [0.15, 0.2) is 5.82 Å². The van der Waals surface area contributed by atoms with Gasteiger partial charge in [-0.2, -0.15) is 8.78 Å². The van der Waals surface area contributed by atoms with Crippen LogP contribution in [0.3, 0.4) is 0 Å². The maximum absolute atomic E-state index is 14.8. The van der Waals surface area contributed by atoms with Gasteiger partial charge in [-0.25, -0.2) is 14.8 Å². The first-order chi connectivity index (χ1) is 17.7. The Balaban J connectivity index is 1.41. The van der Waals surface area contributed by atoms with Gasteiger partial charge < -0.3 is 25.6 Å². The fourth-order valence-electron chi connectivity index (χ4n) is 4.61. The Hall–Kier alpha value is -3.15. The van der Waals surface area contributed by atoms with Crippen molar-refractivity contribution in [2.75, 3.05) is 41.7 Å². The van der Waals surface area contributed by atoms with Crippen LogP contribution >= 0.6 is 11.8 Å². The quantitative estimate of drug-likeness (QED) is 0.548. The summed E-state index contributed by atoms with van der Waals surface area (Å²) in [6.07, 6.45) is 2.81. The topological polar surface area (TPSA) is 114 Å². The second-order valence-corrected chi connectivity index (χ2v) is 12.2. The molecule has 1 aromatic carbocycles. The molecule has 2 aliphatic rings. The number of halogens is 2. The molecule has 4 rings (SSSR count). The first-order valence-corrected chi connectivity index (χ1v) is 13.3. The Morgan fingerprint density at radius 1 is 1.24 bits per heavy atom. The zero-order valence-electron chi connectivity index (χ0n) is 22.3. The summed E-state index contributed by atoms with van der Waals surface area (Å²) in [6, 6.07) is 4.73. The summed E-state index contributed by atoms with van der Waals surface area (Å²) in [4.78, 5) is 36.3. The molecule has 9 nitrogen and oxygen atoms in total. The van der Waals surface area contributed by atoms with E-state index in [2.05, 4.69) is 27.1 Å². The summed E-state index contributed by atoms with van der Waals surface area (Å²) in [7, 11) is 0. The van der Waals surface area contributed by atoms with E-state index in [-0.39, 0.29) is 27.4 Å². The van der Waals surface area contributed by atoms with Crippen molar-refractivity contribution < 1.29 is 23.1 Å². The van der Waals surface area contributed by atoms with E-state index in [1.165, 1.54) is 13.0 Å². The van der Waals surface area contributed by atoms with Gasteiger partial charge in [0.1, 0.15) is 16.4 Å². The number of anilines is 3. The van der Waals surface area contributed by atoms with Crippen LogP contribution in [0.2, 0.25) is 0 Å². The molecule has 0 unspecified atom stereocenters. The molecule has 0 aliphatic carbocycles. The second kappa shape index (κ2) is 10.2. The Bertz CT molecular complexity index is 1230. The zero-order chi connectivity index (χ0) is 27.9. The van der Waals surface area contributed by atoms with Crippen LogP contribution in [0.5, 0.6) is 0 Å². The highest BCUT2D eigenvalue weighted by Crippen LogP contribution is 2.49. The molecule has 1 fully saturated rings. The molecule has 1 aromatic heterocycles. The smallest absolute Gasteiger partial charge is 0.407 e. The Labute approximate surface area is 225 Å². The van der Waals surface area contributed by atoms with E-state index in [1.807, 2.05) is 20.8 Å². The first-order valence-electron chi connectivity index (χ1n) is 12.5. The van der Waals surface area contributed by atoms with Gasteiger partial charge in [0, 0.05) is 31.5 Å². The minimum absolute atomic E-state index is 0.0885. The zero-order valence-corrected chi connectivity index (χ0v) is 23.1. The lowest BCUT2D eigenvalue weighted by Crippen LogP contribution is -2.46. The molecule has 0 bridgehead atoms. The van der Waals surface area contributed by atoms with E-state index >= 15 is 0 Å². The van der Waals surface area contributed by atoms with Gasteiger partial charge in [-0.05, 0) is 51.2 Å². The van der Waals surface area contributed by atoms with Crippen molar-refractivity contribution in [3.8, 4) is 0 Å². The van der Waals surface area contributed by atoms with Gasteiger partial charge in [-0.3, -0.25) is 4.79 Å². The molecule has 3 heterocycles. The van der Waals surface area contributed by atoms with Crippen molar-refractivity contribution in [3.05, 3.63) is 30.0 Å². The number of nitrogens with one attached hydrogen (secondary N) is 1. The van der Waals surface area contributed by atoms with Gasteiger partial charge in [-0.1, -0.05) is 24.8 Å². The normalized spacial score (nSPS) is 18.2. The third-order valence-corrected chi connectivity index (χ3v) is 7.78. The van der Waals surface area contributed by atoms with Crippen LogP contribution in [0, 0.1) is 5.41 Å². The van der Waals surface area contributed by atoms with E-state index in [1.54, 1.807) is 18.3 Å². The number of piperidine rings is 1. The highest BCUT2D eigenvalue weighted by molar-refractivity contribution is 7.99. The third-order valence-electron chi connectivity index (χ3n) is 6.71. The highest BCUT2D eigenvalue weighted by Gasteiger charge is 2.47. The molecule has 0 spiro atoms. The van der Waals surface area contributed by atoms with Crippen LogP contribution in [0.4, 0.5) is 30.9 Å². The Kier molecular flexibility index (Phi) is 7.48. The van der Waals surface area contributed by atoms with Crippen LogP contribution in [-0.4, -0.2) is 53.7 Å². The number of rotatable bonds is 5. The summed E-state index contributed by atoms with van der Waals surface area (Å²) >= 11 is 1.02. The number of amides is 2. The van der Waals surface area contributed by atoms with E-state index in [0.717, 1.165) is 29.5 Å². The predicted molar refractivity (Wildman–Crippen MR) is 143 cm³/mol. The van der Waals surface area contributed by atoms with Gasteiger partial charge in [0.2, 0.25) is 5.91 Å². The summed E-state index contributed by atoms with van der Waals surface area (Å²) in [5, 5.41) is 3.19. The lowest BCUT2D eigenvalue weighted by atomic mass is 9.80. The first kappa shape index (κ1) is 27.9. The Morgan fingerprint density at radius 3 is 2.53 bits per heavy atom. The SMILES string of the molecule is CC(=O)N1CC(F)(F)c2c(Sc3ncc(N4CCC(C)(CNC(=O)OC(C)(C)C)CC4)nc3N)cccc21. The molecule has 0 atom stereocenters. The average molecular weight is 549 g/mol. The number of nitrogens with two attached hydrogens (primary N) is 1. The monoisotopic (exact) mass is 548 g/mol. The predicted octanol–water partition coefficient (Wildman–Crippen LogP) is 4.80. The molecule has 12 heteroatoms. The summed E-state index contributed by atoms with van der Waals surface area (Å²) in [5.41, 5.74) is 5.59.